The van der Waals surface area contributed by atoms with E-state index in [1.807, 2.05) is 0 Å². The lowest BCUT2D eigenvalue weighted by atomic mass is 9.48. The maximum atomic E-state index is 5.98. The molecule has 5 fully saturated rings. The summed E-state index contributed by atoms with van der Waals surface area (Å²) in [4.78, 5) is 0. The predicted molar refractivity (Wildman–Crippen MR) is 66.5 cm³/mol. The smallest absolute Gasteiger partial charge is 0.0872 e. The van der Waals surface area contributed by atoms with Gasteiger partial charge in [-0.2, -0.15) is 0 Å². The van der Waals surface area contributed by atoms with E-state index in [1.54, 1.807) is 32.1 Å². The minimum absolute atomic E-state index is 0.706. The lowest BCUT2D eigenvalue weighted by Crippen LogP contribution is -2.51. The number of fused-ring (bicyclic) bond motifs is 2. The molecule has 1 nitrogen and oxygen atoms in total. The molecule has 5 aliphatic rings. The molecule has 0 amide bonds. The molecule has 0 radical (unpaired) electrons. The first-order valence-electron chi connectivity index (χ1n) is 8.07. The van der Waals surface area contributed by atoms with Gasteiger partial charge in [0.25, 0.3) is 0 Å². The van der Waals surface area contributed by atoms with Crippen molar-refractivity contribution in [2.24, 2.45) is 35.5 Å². The summed E-state index contributed by atoms with van der Waals surface area (Å²) in [5, 5.41) is 0. The Hall–Kier alpha value is -0.0400. The molecule has 94 valence electrons. The Bertz CT molecular complexity index is 332. The van der Waals surface area contributed by atoms with Crippen LogP contribution in [0.3, 0.4) is 0 Å². The normalized spacial score (nSPS) is 63.5. The standard InChI is InChI=1S/C16H24O/c1-2-9-4-5-11-8-13-16(17-13)12-7-6-10(3-1)14(9)15(11)12/h9-16H,1-8H2. The quantitative estimate of drug-likeness (QED) is 0.581. The van der Waals surface area contributed by atoms with Gasteiger partial charge in [0.2, 0.25) is 0 Å². The van der Waals surface area contributed by atoms with Gasteiger partial charge in [-0.25, -0.2) is 0 Å². The number of ether oxygens (including phenoxy) is 1. The molecule has 0 spiro atoms. The van der Waals surface area contributed by atoms with Crippen LogP contribution in [-0.2, 0) is 4.74 Å². The second-order valence-electron chi connectivity index (χ2n) is 7.56. The van der Waals surface area contributed by atoms with Crippen LogP contribution in [0, 0.1) is 35.5 Å². The highest BCUT2D eigenvalue weighted by Crippen LogP contribution is 2.63. The molecule has 8 unspecified atom stereocenters. The third-order valence-electron chi connectivity index (χ3n) is 7.08. The monoisotopic (exact) mass is 232 g/mol. The fourth-order valence-corrected chi connectivity index (χ4v) is 6.56. The van der Waals surface area contributed by atoms with Crippen molar-refractivity contribution in [2.75, 3.05) is 0 Å². The van der Waals surface area contributed by atoms with Crippen molar-refractivity contribution in [3.63, 3.8) is 0 Å². The maximum absolute atomic E-state index is 5.98. The number of epoxide rings is 1. The van der Waals surface area contributed by atoms with Crippen molar-refractivity contribution >= 4 is 0 Å². The molecule has 8 atom stereocenters. The summed E-state index contributed by atoms with van der Waals surface area (Å²) in [6.07, 6.45) is 13.7. The van der Waals surface area contributed by atoms with Crippen LogP contribution in [-0.4, -0.2) is 12.2 Å². The Balaban J connectivity index is 1.54. The Labute approximate surface area is 104 Å². The summed E-state index contributed by atoms with van der Waals surface area (Å²) >= 11 is 0. The molecule has 4 saturated carbocycles. The molecule has 0 aromatic carbocycles. The second kappa shape index (κ2) is 3.29. The van der Waals surface area contributed by atoms with Crippen LogP contribution in [0.1, 0.15) is 51.4 Å². The third-order valence-corrected chi connectivity index (χ3v) is 7.08. The zero-order valence-corrected chi connectivity index (χ0v) is 10.7. The van der Waals surface area contributed by atoms with Crippen LogP contribution < -0.4 is 0 Å². The van der Waals surface area contributed by atoms with Gasteiger partial charge in [0, 0.05) is 0 Å². The van der Waals surface area contributed by atoms with E-state index >= 15 is 0 Å². The first-order valence-corrected chi connectivity index (χ1v) is 8.07. The van der Waals surface area contributed by atoms with Crippen molar-refractivity contribution in [3.8, 4) is 0 Å². The highest BCUT2D eigenvalue weighted by molar-refractivity contribution is 5.09. The van der Waals surface area contributed by atoms with E-state index in [2.05, 4.69) is 0 Å². The molecule has 0 aromatic rings. The highest BCUT2D eigenvalue weighted by Gasteiger charge is 2.61. The fourth-order valence-electron chi connectivity index (χ4n) is 6.56. The van der Waals surface area contributed by atoms with E-state index < -0.39 is 0 Å². The zero-order chi connectivity index (χ0) is 11.0. The lowest BCUT2D eigenvalue weighted by molar-refractivity contribution is -0.0695. The maximum Gasteiger partial charge on any atom is 0.0872 e. The van der Waals surface area contributed by atoms with Gasteiger partial charge < -0.3 is 4.74 Å². The van der Waals surface area contributed by atoms with E-state index in [9.17, 15) is 0 Å². The topological polar surface area (TPSA) is 12.5 Å². The molecule has 0 aromatic heterocycles. The number of hydrogen-bond acceptors (Lipinski definition) is 1. The Morgan fingerprint density at radius 1 is 0.706 bits per heavy atom. The predicted octanol–water partition coefficient (Wildman–Crippen LogP) is 3.63. The fraction of sp³-hybridized carbons (Fsp3) is 1.00. The van der Waals surface area contributed by atoms with Crippen molar-refractivity contribution in [1.82, 2.24) is 0 Å². The van der Waals surface area contributed by atoms with E-state index in [4.69, 9.17) is 4.74 Å². The van der Waals surface area contributed by atoms with Gasteiger partial charge in [-0.1, -0.05) is 19.3 Å². The Kier molecular flexibility index (Phi) is 1.90. The van der Waals surface area contributed by atoms with Crippen LogP contribution in [0.4, 0.5) is 0 Å². The molecule has 0 bridgehead atoms. The highest BCUT2D eigenvalue weighted by atomic mass is 16.6. The minimum atomic E-state index is 0.706. The summed E-state index contributed by atoms with van der Waals surface area (Å²) in [6, 6.07) is 0. The first-order chi connectivity index (χ1) is 8.42. The summed E-state index contributed by atoms with van der Waals surface area (Å²) < 4.78 is 5.98. The van der Waals surface area contributed by atoms with Crippen LogP contribution in [0.15, 0.2) is 0 Å². The van der Waals surface area contributed by atoms with Gasteiger partial charge in [0.05, 0.1) is 12.2 Å². The molecule has 1 aliphatic heterocycles. The molecule has 0 N–H and O–H groups in total. The number of rotatable bonds is 0. The summed E-state index contributed by atoms with van der Waals surface area (Å²) in [6.45, 7) is 0. The largest absolute Gasteiger partial charge is 0.369 e. The van der Waals surface area contributed by atoms with Gasteiger partial charge in [-0.3, -0.25) is 0 Å². The van der Waals surface area contributed by atoms with Gasteiger partial charge >= 0.3 is 0 Å². The van der Waals surface area contributed by atoms with Crippen LogP contribution >= 0.6 is 0 Å². The summed E-state index contributed by atoms with van der Waals surface area (Å²) in [5.41, 5.74) is 0. The van der Waals surface area contributed by atoms with Crippen LogP contribution in [0.5, 0.6) is 0 Å². The zero-order valence-electron chi connectivity index (χ0n) is 10.7. The van der Waals surface area contributed by atoms with Gasteiger partial charge in [-0.15, -0.1) is 0 Å². The second-order valence-corrected chi connectivity index (χ2v) is 7.56. The molecule has 1 heterocycles. The molecule has 4 aliphatic carbocycles. The van der Waals surface area contributed by atoms with Crippen molar-refractivity contribution in [2.45, 2.75) is 63.6 Å². The third kappa shape index (κ3) is 1.25. The van der Waals surface area contributed by atoms with Crippen molar-refractivity contribution in [1.29, 1.82) is 0 Å². The van der Waals surface area contributed by atoms with Crippen LogP contribution in [0.2, 0.25) is 0 Å². The summed E-state index contributed by atoms with van der Waals surface area (Å²) in [5.74, 6) is 6.51. The van der Waals surface area contributed by atoms with Gasteiger partial charge in [0.15, 0.2) is 0 Å². The average molecular weight is 232 g/mol. The molecule has 5 rings (SSSR count). The molecular formula is C16H24O. The van der Waals surface area contributed by atoms with E-state index in [0.29, 0.717) is 6.10 Å². The minimum Gasteiger partial charge on any atom is -0.369 e. The van der Waals surface area contributed by atoms with Crippen molar-refractivity contribution < 1.29 is 4.74 Å². The summed E-state index contributed by atoms with van der Waals surface area (Å²) in [7, 11) is 0. The SMILES string of the molecule is C1CC2CCC3CC4OC4C4CCC(C1)C2C34. The first kappa shape index (κ1) is 9.83. The number of hydrogen-bond donors (Lipinski definition) is 0. The van der Waals surface area contributed by atoms with Crippen molar-refractivity contribution in [3.05, 3.63) is 0 Å². The molecular weight excluding hydrogens is 208 g/mol. The average Bonchev–Trinajstić information content (AvgIpc) is 3.14. The van der Waals surface area contributed by atoms with E-state index in [0.717, 1.165) is 41.6 Å². The van der Waals surface area contributed by atoms with Crippen LogP contribution in [0.25, 0.3) is 0 Å². The molecule has 1 saturated heterocycles. The molecule has 1 heteroatoms. The van der Waals surface area contributed by atoms with E-state index in [-0.39, 0.29) is 0 Å². The molecule has 17 heavy (non-hydrogen) atoms. The van der Waals surface area contributed by atoms with E-state index in [1.165, 1.54) is 19.3 Å². The Morgan fingerprint density at radius 2 is 1.47 bits per heavy atom. The van der Waals surface area contributed by atoms with Gasteiger partial charge in [-0.05, 0) is 67.6 Å². The Morgan fingerprint density at radius 3 is 2.35 bits per heavy atom. The lowest BCUT2D eigenvalue weighted by Gasteiger charge is -2.56. The van der Waals surface area contributed by atoms with Gasteiger partial charge in [0.1, 0.15) is 0 Å².